The largest absolute Gasteiger partial charge is 0.331 e. The van der Waals surface area contributed by atoms with E-state index < -0.39 is 0 Å². The van der Waals surface area contributed by atoms with Crippen LogP contribution in [0.3, 0.4) is 0 Å². The zero-order valence-electron chi connectivity index (χ0n) is 11.3. The molecule has 0 atom stereocenters. The van der Waals surface area contributed by atoms with Gasteiger partial charge in [0.15, 0.2) is 0 Å². The number of rotatable bonds is 3. The van der Waals surface area contributed by atoms with Crippen molar-refractivity contribution in [2.45, 2.75) is 13.0 Å². The van der Waals surface area contributed by atoms with E-state index in [-0.39, 0.29) is 5.82 Å². The minimum absolute atomic E-state index is 0.214. The Balaban J connectivity index is 2.03. The summed E-state index contributed by atoms with van der Waals surface area (Å²) in [5.41, 5.74) is 9.16. The lowest BCUT2D eigenvalue weighted by atomic mass is 10.1. The third-order valence-corrected chi connectivity index (χ3v) is 3.57. The van der Waals surface area contributed by atoms with Gasteiger partial charge in [0.25, 0.3) is 0 Å². The van der Waals surface area contributed by atoms with Gasteiger partial charge >= 0.3 is 0 Å². The maximum absolute atomic E-state index is 13.9. The van der Waals surface area contributed by atoms with Crippen LogP contribution >= 0.6 is 0 Å². The van der Waals surface area contributed by atoms with Gasteiger partial charge in [0.1, 0.15) is 11.6 Å². The van der Waals surface area contributed by atoms with Crippen LogP contribution in [0.15, 0.2) is 42.5 Å². The topological polar surface area (TPSA) is 43.8 Å². The molecule has 1 heterocycles. The highest BCUT2D eigenvalue weighted by molar-refractivity contribution is 5.75. The summed E-state index contributed by atoms with van der Waals surface area (Å²) in [6.07, 6.45) is 0.463. The summed E-state index contributed by atoms with van der Waals surface area (Å²) in [4.78, 5) is 4.57. The second-order valence-electron chi connectivity index (χ2n) is 4.88. The molecule has 0 spiro atoms. The van der Waals surface area contributed by atoms with Gasteiger partial charge < -0.3 is 10.3 Å². The molecule has 3 aromatic rings. The van der Waals surface area contributed by atoms with E-state index in [1.54, 1.807) is 6.07 Å². The Kier molecular flexibility index (Phi) is 3.24. The van der Waals surface area contributed by atoms with E-state index in [0.717, 1.165) is 22.4 Å². The van der Waals surface area contributed by atoms with Crippen molar-refractivity contribution in [1.29, 1.82) is 0 Å². The summed E-state index contributed by atoms with van der Waals surface area (Å²) in [7, 11) is 1.95. The van der Waals surface area contributed by atoms with Gasteiger partial charge in [-0.05, 0) is 29.3 Å². The van der Waals surface area contributed by atoms with Crippen molar-refractivity contribution in [2.24, 2.45) is 12.8 Å². The van der Waals surface area contributed by atoms with Crippen molar-refractivity contribution in [3.63, 3.8) is 0 Å². The fraction of sp³-hybridized carbons (Fsp3) is 0.188. The first-order chi connectivity index (χ1) is 9.69. The number of para-hydroxylation sites is 2. The predicted molar refractivity (Wildman–Crippen MR) is 77.8 cm³/mol. The molecular weight excluding hydrogens is 253 g/mol. The third kappa shape index (κ3) is 2.18. The molecule has 0 saturated heterocycles. The highest BCUT2D eigenvalue weighted by Crippen LogP contribution is 2.19. The highest BCUT2D eigenvalue weighted by atomic mass is 19.1. The first kappa shape index (κ1) is 12.8. The van der Waals surface area contributed by atoms with Crippen molar-refractivity contribution in [1.82, 2.24) is 9.55 Å². The van der Waals surface area contributed by atoms with Crippen molar-refractivity contribution in [3.05, 3.63) is 65.2 Å². The number of nitrogens with zero attached hydrogens (tertiary/aromatic N) is 2. The molecule has 0 aliphatic carbocycles. The lowest BCUT2D eigenvalue weighted by Gasteiger charge is -2.06. The van der Waals surface area contributed by atoms with Gasteiger partial charge in [-0.3, -0.25) is 0 Å². The Hall–Kier alpha value is -2.20. The summed E-state index contributed by atoms with van der Waals surface area (Å²) in [6.45, 7) is 0.413. The van der Waals surface area contributed by atoms with Crippen LogP contribution in [0.25, 0.3) is 11.0 Å². The SMILES string of the molecule is Cn1c(Cc2cc(CN)ccc2F)nc2ccccc21. The zero-order chi connectivity index (χ0) is 14.1. The fourth-order valence-corrected chi connectivity index (χ4v) is 2.41. The van der Waals surface area contributed by atoms with E-state index in [1.807, 2.05) is 41.9 Å². The molecule has 0 unspecified atom stereocenters. The molecule has 1 aromatic heterocycles. The average Bonchev–Trinajstić information content (AvgIpc) is 2.78. The van der Waals surface area contributed by atoms with E-state index >= 15 is 0 Å². The van der Waals surface area contributed by atoms with Crippen molar-refractivity contribution in [2.75, 3.05) is 0 Å². The predicted octanol–water partition coefficient (Wildman–Crippen LogP) is 2.76. The molecule has 0 amide bonds. The molecule has 0 aliphatic heterocycles. The van der Waals surface area contributed by atoms with Crippen molar-refractivity contribution >= 4 is 11.0 Å². The molecule has 2 N–H and O–H groups in total. The van der Waals surface area contributed by atoms with Crippen LogP contribution in [0, 0.1) is 5.82 Å². The number of aryl methyl sites for hydroxylation is 1. The molecule has 0 bridgehead atoms. The molecule has 102 valence electrons. The Labute approximate surface area is 116 Å². The van der Waals surface area contributed by atoms with Crippen LogP contribution in [-0.4, -0.2) is 9.55 Å². The number of hydrogen-bond donors (Lipinski definition) is 1. The Morgan fingerprint density at radius 2 is 2.00 bits per heavy atom. The molecule has 0 radical (unpaired) electrons. The third-order valence-electron chi connectivity index (χ3n) is 3.57. The number of aromatic nitrogens is 2. The number of halogens is 1. The number of nitrogens with two attached hydrogens (primary N) is 1. The lowest BCUT2D eigenvalue weighted by Crippen LogP contribution is -2.03. The first-order valence-corrected chi connectivity index (χ1v) is 6.56. The van der Waals surface area contributed by atoms with Gasteiger partial charge in [0.05, 0.1) is 11.0 Å². The van der Waals surface area contributed by atoms with Crippen LogP contribution in [0.1, 0.15) is 17.0 Å². The van der Waals surface area contributed by atoms with Crippen LogP contribution in [0.4, 0.5) is 4.39 Å². The molecule has 2 aromatic carbocycles. The second kappa shape index (κ2) is 5.06. The van der Waals surface area contributed by atoms with Crippen LogP contribution in [0.2, 0.25) is 0 Å². The zero-order valence-corrected chi connectivity index (χ0v) is 11.3. The molecule has 0 saturated carbocycles. The summed E-state index contributed by atoms with van der Waals surface area (Å²) in [5.74, 6) is 0.633. The number of hydrogen-bond acceptors (Lipinski definition) is 2. The van der Waals surface area contributed by atoms with Gasteiger partial charge in [0.2, 0.25) is 0 Å². The Morgan fingerprint density at radius 3 is 2.75 bits per heavy atom. The number of benzene rings is 2. The van der Waals surface area contributed by atoms with Crippen molar-refractivity contribution < 1.29 is 4.39 Å². The van der Waals surface area contributed by atoms with E-state index in [4.69, 9.17) is 5.73 Å². The summed E-state index contributed by atoms with van der Waals surface area (Å²) in [5, 5.41) is 0. The Bertz CT molecular complexity index is 762. The summed E-state index contributed by atoms with van der Waals surface area (Å²) < 4.78 is 15.9. The van der Waals surface area contributed by atoms with Crippen LogP contribution in [-0.2, 0) is 20.0 Å². The minimum Gasteiger partial charge on any atom is -0.331 e. The van der Waals surface area contributed by atoms with Gasteiger partial charge in [0, 0.05) is 20.0 Å². The first-order valence-electron chi connectivity index (χ1n) is 6.56. The quantitative estimate of drug-likeness (QED) is 0.794. The smallest absolute Gasteiger partial charge is 0.126 e. The molecule has 4 heteroatoms. The van der Waals surface area contributed by atoms with Gasteiger partial charge in [-0.15, -0.1) is 0 Å². The molecule has 3 rings (SSSR count). The van der Waals surface area contributed by atoms with Gasteiger partial charge in [-0.2, -0.15) is 0 Å². The van der Waals surface area contributed by atoms with E-state index in [1.165, 1.54) is 6.07 Å². The molecule has 0 fully saturated rings. The van der Waals surface area contributed by atoms with Gasteiger partial charge in [-0.1, -0.05) is 24.3 Å². The standard InChI is InChI=1S/C16H16FN3/c1-20-15-5-3-2-4-14(15)19-16(20)9-12-8-11(10-18)6-7-13(12)17/h2-8H,9-10,18H2,1H3. The maximum atomic E-state index is 13.9. The Morgan fingerprint density at radius 1 is 1.20 bits per heavy atom. The number of fused-ring (bicyclic) bond motifs is 1. The second-order valence-corrected chi connectivity index (χ2v) is 4.88. The van der Waals surface area contributed by atoms with Crippen LogP contribution < -0.4 is 5.73 Å². The number of imidazole rings is 1. The lowest BCUT2D eigenvalue weighted by molar-refractivity contribution is 0.609. The molecule has 0 aliphatic rings. The normalized spacial score (nSPS) is 11.2. The van der Waals surface area contributed by atoms with Gasteiger partial charge in [-0.25, -0.2) is 9.37 Å². The average molecular weight is 269 g/mol. The monoisotopic (exact) mass is 269 g/mol. The highest BCUT2D eigenvalue weighted by Gasteiger charge is 2.11. The van der Waals surface area contributed by atoms with E-state index in [0.29, 0.717) is 18.5 Å². The molecular formula is C16H16FN3. The fourth-order valence-electron chi connectivity index (χ4n) is 2.41. The van der Waals surface area contributed by atoms with Crippen LogP contribution in [0.5, 0.6) is 0 Å². The van der Waals surface area contributed by atoms with Crippen molar-refractivity contribution in [3.8, 4) is 0 Å². The minimum atomic E-state index is -0.214. The summed E-state index contributed by atoms with van der Waals surface area (Å²) in [6, 6.07) is 12.9. The molecule has 20 heavy (non-hydrogen) atoms. The summed E-state index contributed by atoms with van der Waals surface area (Å²) >= 11 is 0. The van der Waals surface area contributed by atoms with E-state index in [2.05, 4.69) is 4.98 Å². The van der Waals surface area contributed by atoms with E-state index in [9.17, 15) is 4.39 Å². The maximum Gasteiger partial charge on any atom is 0.126 e. The molecule has 3 nitrogen and oxygen atoms in total.